The molecule has 216 valence electrons. The molecule has 0 radical (unpaired) electrons. The van der Waals surface area contributed by atoms with Crippen molar-refractivity contribution in [3.63, 3.8) is 0 Å². The minimum absolute atomic E-state index is 0.353. The Morgan fingerprint density at radius 1 is 0.951 bits per heavy atom. The molecule has 2 aromatic carbocycles. The van der Waals surface area contributed by atoms with Gasteiger partial charge in [-0.1, -0.05) is 44.4 Å². The van der Waals surface area contributed by atoms with Gasteiger partial charge in [0.05, 0.1) is 12.2 Å². The average Bonchev–Trinajstić information content (AvgIpc) is 3.48. The number of pyridine rings is 1. The molecule has 0 saturated heterocycles. The third-order valence-electron chi connectivity index (χ3n) is 8.39. The van der Waals surface area contributed by atoms with Crippen molar-refractivity contribution in [1.82, 2.24) is 9.55 Å². The van der Waals surface area contributed by atoms with Crippen LogP contribution in [0.2, 0.25) is 0 Å². The highest BCUT2D eigenvalue weighted by Crippen LogP contribution is 2.53. The zero-order valence-electron chi connectivity index (χ0n) is 25.2. The first-order valence-electron chi connectivity index (χ1n) is 15.4. The number of cyclic esters (lactones) is 1. The van der Waals surface area contributed by atoms with E-state index < -0.39 is 5.60 Å². The maximum atomic E-state index is 13.7. The van der Waals surface area contributed by atoms with Gasteiger partial charge in [-0.05, 0) is 70.9 Å². The predicted molar refractivity (Wildman–Crippen MR) is 166 cm³/mol. The van der Waals surface area contributed by atoms with Crippen LogP contribution in [0.15, 0.2) is 60.8 Å². The first-order valence-corrected chi connectivity index (χ1v) is 15.4. The second kappa shape index (κ2) is 12.4. The molecule has 0 spiro atoms. The van der Waals surface area contributed by atoms with Crippen molar-refractivity contribution in [3.8, 4) is 5.75 Å². The highest BCUT2D eigenvalue weighted by Gasteiger charge is 2.54. The number of anilines is 1. The number of carbonyl (C=O) groups is 1. The number of benzene rings is 2. The summed E-state index contributed by atoms with van der Waals surface area (Å²) in [5, 5.41) is 1.08. The fourth-order valence-electron chi connectivity index (χ4n) is 6.53. The SMILES string of the molecule is CCCCCCc1c(C2(c3ccc(N(CC)CC)cc3OCC)OC(=O)c3cccnc32)c2ccccc2n1CC. The van der Waals surface area contributed by atoms with Crippen molar-refractivity contribution in [3.05, 3.63) is 88.9 Å². The molecule has 2 aromatic heterocycles. The minimum atomic E-state index is -1.24. The van der Waals surface area contributed by atoms with Gasteiger partial charge in [0.1, 0.15) is 11.4 Å². The van der Waals surface area contributed by atoms with Crippen LogP contribution in [-0.2, 0) is 23.3 Å². The van der Waals surface area contributed by atoms with E-state index in [1.807, 2.05) is 19.1 Å². The van der Waals surface area contributed by atoms with Gasteiger partial charge in [-0.15, -0.1) is 0 Å². The second-order valence-electron chi connectivity index (χ2n) is 10.6. The molecule has 0 saturated carbocycles. The van der Waals surface area contributed by atoms with Gasteiger partial charge in [0.15, 0.2) is 0 Å². The maximum Gasteiger partial charge on any atom is 0.341 e. The lowest BCUT2D eigenvalue weighted by Crippen LogP contribution is -2.33. The molecular weight excluding hydrogens is 510 g/mol. The summed E-state index contributed by atoms with van der Waals surface area (Å²) < 4.78 is 15.4. The minimum Gasteiger partial charge on any atom is -0.493 e. The molecule has 1 unspecified atom stereocenters. The van der Waals surface area contributed by atoms with Gasteiger partial charge in [-0.2, -0.15) is 0 Å². The van der Waals surface area contributed by atoms with Gasteiger partial charge >= 0.3 is 5.97 Å². The molecule has 0 amide bonds. The standard InChI is InChI=1S/C35H43N3O3/c1-6-11-12-13-20-30-32(26-17-14-15-19-29(26)38(30)9-4)35(33-27(34(39)41-35)18-16-23-36-33)28-22-21-25(37(7-2)8-3)24-31(28)40-10-5/h14-19,21-24H,6-13,20H2,1-5H3. The Balaban J connectivity index is 1.87. The van der Waals surface area contributed by atoms with Gasteiger partial charge in [0, 0.05) is 65.3 Å². The fraction of sp³-hybridized carbons (Fsp3) is 0.429. The fourth-order valence-corrected chi connectivity index (χ4v) is 6.53. The van der Waals surface area contributed by atoms with E-state index in [9.17, 15) is 4.79 Å². The van der Waals surface area contributed by atoms with E-state index in [1.54, 1.807) is 6.20 Å². The first-order chi connectivity index (χ1) is 20.0. The monoisotopic (exact) mass is 553 g/mol. The van der Waals surface area contributed by atoms with Crippen LogP contribution in [0.25, 0.3) is 10.9 Å². The number of para-hydroxylation sites is 1. The summed E-state index contributed by atoms with van der Waals surface area (Å²) in [6, 6.07) is 18.5. The number of aryl methyl sites for hydroxylation is 1. The van der Waals surface area contributed by atoms with Crippen LogP contribution in [-0.4, -0.2) is 35.2 Å². The maximum absolute atomic E-state index is 13.7. The van der Waals surface area contributed by atoms with E-state index in [1.165, 1.54) is 18.5 Å². The Labute approximate surface area is 244 Å². The molecule has 3 heterocycles. The lowest BCUT2D eigenvalue weighted by molar-refractivity contribution is 0.0237. The van der Waals surface area contributed by atoms with E-state index in [0.29, 0.717) is 23.6 Å². The topological polar surface area (TPSA) is 56.6 Å². The molecule has 0 aliphatic carbocycles. The van der Waals surface area contributed by atoms with Crippen LogP contribution >= 0.6 is 0 Å². The summed E-state index contributed by atoms with van der Waals surface area (Å²) in [5.41, 5.74) is 5.16. The van der Waals surface area contributed by atoms with E-state index in [2.05, 4.69) is 79.6 Å². The number of nitrogens with zero attached hydrogens (tertiary/aromatic N) is 3. The van der Waals surface area contributed by atoms with E-state index in [0.717, 1.165) is 66.6 Å². The third kappa shape index (κ3) is 4.87. The van der Waals surface area contributed by atoms with Crippen LogP contribution in [0.4, 0.5) is 5.69 Å². The number of rotatable bonds is 13. The van der Waals surface area contributed by atoms with Gasteiger partial charge in [0.2, 0.25) is 5.60 Å². The first kappa shape index (κ1) is 28.7. The van der Waals surface area contributed by atoms with Crippen molar-refractivity contribution < 1.29 is 14.3 Å². The van der Waals surface area contributed by atoms with E-state index in [-0.39, 0.29) is 5.97 Å². The van der Waals surface area contributed by atoms with Crippen molar-refractivity contribution in [1.29, 1.82) is 0 Å². The van der Waals surface area contributed by atoms with Crippen LogP contribution in [0, 0.1) is 0 Å². The average molecular weight is 554 g/mol. The Morgan fingerprint density at radius 3 is 2.49 bits per heavy atom. The number of hydrogen-bond acceptors (Lipinski definition) is 5. The number of aromatic nitrogens is 2. The molecule has 41 heavy (non-hydrogen) atoms. The zero-order valence-corrected chi connectivity index (χ0v) is 25.2. The van der Waals surface area contributed by atoms with Crippen LogP contribution in [0.5, 0.6) is 5.75 Å². The third-order valence-corrected chi connectivity index (χ3v) is 8.39. The summed E-state index contributed by atoms with van der Waals surface area (Å²) >= 11 is 0. The Kier molecular flexibility index (Phi) is 8.67. The van der Waals surface area contributed by atoms with Gasteiger partial charge in [-0.3, -0.25) is 4.98 Å². The van der Waals surface area contributed by atoms with Crippen LogP contribution in [0.3, 0.4) is 0 Å². The predicted octanol–water partition coefficient (Wildman–Crippen LogP) is 7.89. The van der Waals surface area contributed by atoms with E-state index in [4.69, 9.17) is 14.5 Å². The molecule has 6 nitrogen and oxygen atoms in total. The van der Waals surface area contributed by atoms with Crippen molar-refractivity contribution >= 4 is 22.6 Å². The Hall–Kier alpha value is -3.80. The molecule has 4 aromatic rings. The van der Waals surface area contributed by atoms with Gasteiger partial charge in [-0.25, -0.2) is 4.79 Å². The zero-order chi connectivity index (χ0) is 29.0. The second-order valence-corrected chi connectivity index (χ2v) is 10.6. The van der Waals surface area contributed by atoms with Crippen LogP contribution in [0.1, 0.15) is 93.2 Å². The van der Waals surface area contributed by atoms with Crippen LogP contribution < -0.4 is 9.64 Å². The number of ether oxygens (including phenoxy) is 2. The molecule has 0 N–H and O–H groups in total. The van der Waals surface area contributed by atoms with Gasteiger partial charge < -0.3 is 18.9 Å². The molecule has 0 fully saturated rings. The highest BCUT2D eigenvalue weighted by atomic mass is 16.6. The quantitative estimate of drug-likeness (QED) is 0.124. The van der Waals surface area contributed by atoms with Crippen molar-refractivity contribution in [2.24, 2.45) is 0 Å². The normalized spacial score (nSPS) is 16.2. The highest BCUT2D eigenvalue weighted by molar-refractivity contribution is 5.98. The summed E-state index contributed by atoms with van der Waals surface area (Å²) in [5.74, 6) is 0.363. The van der Waals surface area contributed by atoms with Gasteiger partial charge in [0.25, 0.3) is 0 Å². The summed E-state index contributed by atoms with van der Waals surface area (Å²) in [7, 11) is 0. The molecule has 5 rings (SSSR count). The lowest BCUT2D eigenvalue weighted by atomic mass is 9.79. The van der Waals surface area contributed by atoms with Crippen molar-refractivity contribution in [2.45, 2.75) is 78.9 Å². The smallest absolute Gasteiger partial charge is 0.341 e. The summed E-state index contributed by atoms with van der Waals surface area (Å²) in [6.45, 7) is 13.8. The lowest BCUT2D eigenvalue weighted by Gasteiger charge is -2.33. The number of esters is 1. The Bertz CT molecular complexity index is 1520. The molecule has 6 heteroatoms. The molecular formula is C35H43N3O3. The summed E-state index contributed by atoms with van der Waals surface area (Å²) in [6.07, 6.45) is 7.26. The molecule has 1 atom stereocenters. The number of unbranched alkanes of at least 4 members (excludes halogenated alkanes) is 3. The Morgan fingerprint density at radius 2 is 1.76 bits per heavy atom. The number of carbonyl (C=O) groups excluding carboxylic acids is 1. The molecule has 0 bridgehead atoms. The van der Waals surface area contributed by atoms with E-state index >= 15 is 0 Å². The van der Waals surface area contributed by atoms with Crippen molar-refractivity contribution in [2.75, 3.05) is 24.6 Å². The number of fused-ring (bicyclic) bond motifs is 2. The number of hydrogen-bond donors (Lipinski definition) is 0. The largest absolute Gasteiger partial charge is 0.493 e. The molecule has 1 aliphatic heterocycles. The summed E-state index contributed by atoms with van der Waals surface area (Å²) in [4.78, 5) is 20.8. The molecule has 1 aliphatic rings.